The van der Waals surface area contributed by atoms with E-state index in [-0.39, 0.29) is 23.9 Å². The van der Waals surface area contributed by atoms with Crippen LogP contribution in [0, 0.1) is 10.1 Å². The van der Waals surface area contributed by atoms with Gasteiger partial charge in [-0.3, -0.25) is 15.1 Å². The highest BCUT2D eigenvalue weighted by atomic mass is 16.6. The van der Waals surface area contributed by atoms with Gasteiger partial charge in [-0.1, -0.05) is 73.9 Å². The molecule has 4 aromatic rings. The second kappa shape index (κ2) is 15.6. The molecule has 0 saturated heterocycles. The maximum atomic E-state index is 13.4. The Morgan fingerprint density at radius 3 is 1.96 bits per heavy atom. The molecule has 48 heavy (non-hydrogen) atoms. The zero-order valence-electron chi connectivity index (χ0n) is 27.8. The topological polar surface area (TPSA) is 118 Å². The van der Waals surface area contributed by atoms with Gasteiger partial charge < -0.3 is 19.9 Å². The zero-order valence-corrected chi connectivity index (χ0v) is 27.8. The third kappa shape index (κ3) is 9.63. The first kappa shape index (κ1) is 34.1. The third-order valence-electron chi connectivity index (χ3n) is 8.32. The van der Waals surface area contributed by atoms with Crippen LogP contribution in [0.25, 0.3) is 11.1 Å². The number of non-ortho nitro benzene ring substituents is 1. The van der Waals surface area contributed by atoms with Crippen LogP contribution < -0.4 is 5.32 Å². The molecule has 3 aromatic carbocycles. The molecule has 1 aliphatic carbocycles. The summed E-state index contributed by atoms with van der Waals surface area (Å²) in [5.41, 5.74) is 4.83. The van der Waals surface area contributed by atoms with Gasteiger partial charge in [-0.05, 0) is 79.6 Å². The molecule has 3 amide bonds. The molecule has 1 N–H and O–H groups in total. The van der Waals surface area contributed by atoms with E-state index in [4.69, 9.17) is 4.74 Å². The first-order chi connectivity index (χ1) is 23.0. The summed E-state index contributed by atoms with van der Waals surface area (Å²) >= 11 is 0. The Labute approximate surface area is 281 Å². The highest BCUT2D eigenvalue weighted by Gasteiger charge is 2.29. The first-order valence-corrected chi connectivity index (χ1v) is 16.4. The van der Waals surface area contributed by atoms with Gasteiger partial charge in [0, 0.05) is 55.9 Å². The molecule has 0 unspecified atom stereocenters. The maximum Gasteiger partial charge on any atom is 0.410 e. The van der Waals surface area contributed by atoms with Crippen molar-refractivity contribution in [3.05, 3.63) is 124 Å². The number of nitrogens with zero attached hydrogens (tertiary/aromatic N) is 4. The number of amides is 3. The van der Waals surface area contributed by atoms with Crippen LogP contribution in [0.4, 0.5) is 21.0 Å². The summed E-state index contributed by atoms with van der Waals surface area (Å²) in [7, 11) is 0. The molecule has 0 atom stereocenters. The lowest BCUT2D eigenvalue weighted by Gasteiger charge is -2.35. The number of pyridine rings is 1. The van der Waals surface area contributed by atoms with E-state index in [2.05, 4.69) is 34.6 Å². The van der Waals surface area contributed by atoms with E-state index in [1.807, 2.05) is 62.1 Å². The second-order valence-corrected chi connectivity index (χ2v) is 13.2. The van der Waals surface area contributed by atoms with Crippen LogP contribution in [0.15, 0.2) is 97.3 Å². The number of nitro groups is 1. The third-order valence-corrected chi connectivity index (χ3v) is 8.32. The lowest BCUT2D eigenvalue weighted by molar-refractivity contribution is -0.384. The average molecular weight is 650 g/mol. The minimum Gasteiger partial charge on any atom is -0.444 e. The standard InChI is InChI=1S/C38H43N5O5/c1-38(2,3)48-37(45)42(34-9-5-4-6-10-34)27-29-13-17-32(18-14-29)31-15-11-28(12-16-31)25-41(26-30-8-7-23-39-24-30)36(44)40-33-19-21-35(22-20-33)43(46)47/h7-8,11-24,34H,4-6,9-10,25-27H2,1-3H3,(H,40,44). The van der Waals surface area contributed by atoms with Gasteiger partial charge in [-0.2, -0.15) is 0 Å². The fourth-order valence-electron chi connectivity index (χ4n) is 5.86. The van der Waals surface area contributed by atoms with E-state index < -0.39 is 10.5 Å². The van der Waals surface area contributed by atoms with Crippen molar-refractivity contribution in [2.75, 3.05) is 5.32 Å². The van der Waals surface area contributed by atoms with Crippen LogP contribution in [0.3, 0.4) is 0 Å². The number of carbonyl (C=O) groups is 2. The molecule has 0 aliphatic heterocycles. The van der Waals surface area contributed by atoms with Crippen LogP contribution in [0.2, 0.25) is 0 Å². The molecule has 10 heteroatoms. The lowest BCUT2D eigenvalue weighted by Crippen LogP contribution is -2.43. The summed E-state index contributed by atoms with van der Waals surface area (Å²) in [6.45, 7) is 6.89. The molecular weight excluding hydrogens is 606 g/mol. The molecule has 1 fully saturated rings. The SMILES string of the molecule is CC(C)(C)OC(=O)N(Cc1ccc(-c2ccc(CN(Cc3cccnc3)C(=O)Nc3ccc([N+](=O)[O-])cc3)cc2)cc1)C1CCCCC1. The van der Waals surface area contributed by atoms with Gasteiger partial charge in [0.15, 0.2) is 0 Å². The van der Waals surface area contributed by atoms with Gasteiger partial charge in [-0.15, -0.1) is 0 Å². The van der Waals surface area contributed by atoms with Crippen LogP contribution in [0.5, 0.6) is 0 Å². The molecule has 1 saturated carbocycles. The average Bonchev–Trinajstić information content (AvgIpc) is 3.08. The van der Waals surface area contributed by atoms with E-state index in [9.17, 15) is 19.7 Å². The maximum absolute atomic E-state index is 13.4. The van der Waals surface area contributed by atoms with Crippen molar-refractivity contribution in [1.29, 1.82) is 0 Å². The van der Waals surface area contributed by atoms with Gasteiger partial charge in [0.05, 0.1) is 4.92 Å². The van der Waals surface area contributed by atoms with Gasteiger partial charge in [0.25, 0.3) is 5.69 Å². The smallest absolute Gasteiger partial charge is 0.410 e. The fraction of sp³-hybridized carbons (Fsp3) is 0.342. The highest BCUT2D eigenvalue weighted by molar-refractivity contribution is 5.89. The van der Waals surface area contributed by atoms with Crippen LogP contribution >= 0.6 is 0 Å². The number of rotatable bonds is 10. The Morgan fingerprint density at radius 1 is 0.833 bits per heavy atom. The summed E-state index contributed by atoms with van der Waals surface area (Å²) in [6, 6.07) is 25.7. The van der Waals surface area contributed by atoms with Gasteiger partial charge >= 0.3 is 12.1 Å². The number of ether oxygens (including phenoxy) is 1. The van der Waals surface area contributed by atoms with Gasteiger partial charge in [0.1, 0.15) is 5.60 Å². The number of aromatic nitrogens is 1. The molecule has 250 valence electrons. The molecule has 5 rings (SSSR count). The van der Waals surface area contributed by atoms with Crippen molar-refractivity contribution in [2.24, 2.45) is 0 Å². The number of hydrogen-bond donors (Lipinski definition) is 1. The summed E-state index contributed by atoms with van der Waals surface area (Å²) in [5, 5.41) is 13.9. The Bertz CT molecular complexity index is 1660. The largest absolute Gasteiger partial charge is 0.444 e. The van der Waals surface area contributed by atoms with Gasteiger partial charge in [-0.25, -0.2) is 9.59 Å². The Kier molecular flexibility index (Phi) is 11.1. The quantitative estimate of drug-likeness (QED) is 0.135. The van der Waals surface area contributed by atoms with E-state index in [1.165, 1.54) is 30.7 Å². The van der Waals surface area contributed by atoms with Crippen molar-refractivity contribution in [1.82, 2.24) is 14.8 Å². The number of hydrogen-bond acceptors (Lipinski definition) is 6. The van der Waals surface area contributed by atoms with Crippen molar-refractivity contribution < 1.29 is 19.2 Å². The molecule has 1 aliphatic rings. The zero-order chi connectivity index (χ0) is 34.1. The predicted molar refractivity (Wildman–Crippen MR) is 186 cm³/mol. The van der Waals surface area contributed by atoms with Gasteiger partial charge in [0.2, 0.25) is 0 Å². The lowest BCUT2D eigenvalue weighted by atomic mass is 9.94. The van der Waals surface area contributed by atoms with Crippen molar-refractivity contribution in [2.45, 2.75) is 84.2 Å². The molecule has 0 radical (unpaired) electrons. The molecule has 1 aromatic heterocycles. The summed E-state index contributed by atoms with van der Waals surface area (Å²) in [5.74, 6) is 0. The number of benzene rings is 3. The number of nitrogens with one attached hydrogen (secondary N) is 1. The van der Waals surface area contributed by atoms with E-state index in [0.29, 0.717) is 25.3 Å². The number of nitro benzene ring substituents is 1. The van der Waals surface area contributed by atoms with E-state index in [0.717, 1.165) is 53.5 Å². The summed E-state index contributed by atoms with van der Waals surface area (Å²) < 4.78 is 5.78. The van der Waals surface area contributed by atoms with E-state index >= 15 is 0 Å². The van der Waals surface area contributed by atoms with Crippen LogP contribution in [-0.2, 0) is 24.4 Å². The molecule has 0 spiro atoms. The molecule has 1 heterocycles. The monoisotopic (exact) mass is 649 g/mol. The normalized spacial score (nSPS) is 13.4. The fourth-order valence-corrected chi connectivity index (χ4v) is 5.86. The van der Waals surface area contributed by atoms with Crippen molar-refractivity contribution >= 4 is 23.5 Å². The molecule has 0 bridgehead atoms. The Hall–Kier alpha value is -5.25. The number of carbonyl (C=O) groups excluding carboxylic acids is 2. The summed E-state index contributed by atoms with van der Waals surface area (Å²) in [4.78, 5) is 44.9. The van der Waals surface area contributed by atoms with Crippen LogP contribution in [0.1, 0.15) is 69.6 Å². The predicted octanol–water partition coefficient (Wildman–Crippen LogP) is 8.96. The van der Waals surface area contributed by atoms with Crippen LogP contribution in [-0.4, -0.2) is 43.5 Å². The Balaban J connectivity index is 1.26. The van der Waals surface area contributed by atoms with Crippen molar-refractivity contribution in [3.63, 3.8) is 0 Å². The molecule has 10 nitrogen and oxygen atoms in total. The number of anilines is 1. The Morgan fingerprint density at radius 2 is 1.42 bits per heavy atom. The number of urea groups is 1. The highest BCUT2D eigenvalue weighted by Crippen LogP contribution is 2.27. The first-order valence-electron chi connectivity index (χ1n) is 16.4. The minimum atomic E-state index is -0.549. The minimum absolute atomic E-state index is 0.0443. The second-order valence-electron chi connectivity index (χ2n) is 13.2. The van der Waals surface area contributed by atoms with E-state index in [1.54, 1.807) is 17.3 Å². The molecular formula is C38H43N5O5. The summed E-state index contributed by atoms with van der Waals surface area (Å²) in [6.07, 6.45) is 8.63. The van der Waals surface area contributed by atoms with Crippen molar-refractivity contribution in [3.8, 4) is 11.1 Å².